The lowest BCUT2D eigenvalue weighted by Gasteiger charge is -2.44. The Morgan fingerprint density at radius 2 is 1.38 bits per heavy atom. The number of ether oxygens (including phenoxy) is 2. The highest BCUT2D eigenvalue weighted by Crippen LogP contribution is 2.44. The van der Waals surface area contributed by atoms with Gasteiger partial charge in [-0.1, -0.05) is 44.2 Å². The molecule has 6 nitrogen and oxygen atoms in total. The van der Waals surface area contributed by atoms with Crippen molar-refractivity contribution in [2.24, 2.45) is 5.92 Å². The maximum atomic E-state index is 13.0. The molecule has 0 radical (unpaired) electrons. The van der Waals surface area contributed by atoms with Crippen LogP contribution in [-0.2, 0) is 25.1 Å². The molecule has 186 valence electrons. The summed E-state index contributed by atoms with van der Waals surface area (Å²) in [6.45, 7) is 9.48. The van der Waals surface area contributed by atoms with Crippen LogP contribution >= 0.6 is 0 Å². The van der Waals surface area contributed by atoms with Crippen LogP contribution in [0.5, 0.6) is 0 Å². The predicted octanol–water partition coefficient (Wildman–Crippen LogP) is 4.21. The monoisotopic (exact) mass is 486 g/mol. The summed E-state index contributed by atoms with van der Waals surface area (Å²) in [6, 6.07) is 16.4. The molecule has 2 aromatic carbocycles. The number of nitrogens with zero attached hydrogens (tertiary/aromatic N) is 1. The van der Waals surface area contributed by atoms with Gasteiger partial charge in [0, 0.05) is 17.5 Å². The first-order chi connectivity index (χ1) is 16.6. The molecule has 0 unspecified atom stereocenters. The third-order valence-corrected chi connectivity index (χ3v) is 9.01. The molecule has 34 heavy (non-hydrogen) atoms. The Morgan fingerprint density at radius 1 is 0.824 bits per heavy atom. The lowest BCUT2D eigenvalue weighted by molar-refractivity contribution is -0.215. The number of nitrogens with one attached hydrogen (secondary N) is 1. The summed E-state index contributed by atoms with van der Waals surface area (Å²) in [5.41, 5.74) is 0.919. The van der Waals surface area contributed by atoms with E-state index >= 15 is 0 Å². The quantitative estimate of drug-likeness (QED) is 0.683. The van der Waals surface area contributed by atoms with Crippen LogP contribution in [0.2, 0.25) is 0 Å². The highest BCUT2D eigenvalue weighted by atomic mass is 32.2. The zero-order valence-corrected chi connectivity index (χ0v) is 21.2. The Balaban J connectivity index is 0.00000133. The van der Waals surface area contributed by atoms with E-state index in [0.717, 1.165) is 44.6 Å². The summed E-state index contributed by atoms with van der Waals surface area (Å²) in [5, 5.41) is 3.45. The molecule has 0 spiro atoms. The maximum absolute atomic E-state index is 13.0. The van der Waals surface area contributed by atoms with E-state index in [0.29, 0.717) is 29.0 Å². The van der Waals surface area contributed by atoms with Crippen LogP contribution in [0.4, 0.5) is 0 Å². The van der Waals surface area contributed by atoms with Gasteiger partial charge in [-0.2, -0.15) is 0 Å². The van der Waals surface area contributed by atoms with Gasteiger partial charge in [-0.3, -0.25) is 0 Å². The van der Waals surface area contributed by atoms with Gasteiger partial charge in [-0.25, -0.2) is 8.42 Å². The second-order valence-corrected chi connectivity index (χ2v) is 10.9. The zero-order valence-electron chi connectivity index (χ0n) is 20.4. The third-order valence-electron chi connectivity index (χ3n) is 7.23. The summed E-state index contributed by atoms with van der Waals surface area (Å²) in [5.74, 6) is -0.505. The van der Waals surface area contributed by atoms with Gasteiger partial charge >= 0.3 is 0 Å². The molecule has 7 heteroatoms. The molecule has 1 N–H and O–H groups in total. The van der Waals surface area contributed by atoms with Crippen LogP contribution in [0.25, 0.3) is 0 Å². The molecule has 2 aromatic rings. The number of likely N-dealkylation sites (tertiary alicyclic amines) is 1. The maximum Gasteiger partial charge on any atom is 0.206 e. The lowest BCUT2D eigenvalue weighted by atomic mass is 9.83. The first-order valence-electron chi connectivity index (χ1n) is 12.7. The van der Waals surface area contributed by atoms with Crippen molar-refractivity contribution in [2.75, 3.05) is 39.4 Å². The smallest absolute Gasteiger partial charge is 0.206 e. The molecule has 0 amide bonds. The summed E-state index contributed by atoms with van der Waals surface area (Å²) in [6.07, 6.45) is 4.49. The Labute approximate surface area is 204 Å². The normalized spacial score (nSPS) is 22.2. The van der Waals surface area contributed by atoms with Crippen LogP contribution in [-0.4, -0.2) is 58.8 Å². The summed E-state index contributed by atoms with van der Waals surface area (Å²) < 4.78 is 38.4. The van der Waals surface area contributed by atoms with Crippen LogP contribution in [0, 0.1) is 5.92 Å². The van der Waals surface area contributed by atoms with E-state index < -0.39 is 15.6 Å². The average molecular weight is 487 g/mol. The van der Waals surface area contributed by atoms with Crippen molar-refractivity contribution in [1.29, 1.82) is 0 Å². The summed E-state index contributed by atoms with van der Waals surface area (Å²) in [7, 11) is -3.54. The fourth-order valence-corrected chi connectivity index (χ4v) is 6.77. The van der Waals surface area contributed by atoms with Crippen molar-refractivity contribution >= 4 is 9.84 Å². The van der Waals surface area contributed by atoms with Crippen LogP contribution in [0.3, 0.4) is 0 Å². The van der Waals surface area contributed by atoms with Crippen molar-refractivity contribution < 1.29 is 17.9 Å². The van der Waals surface area contributed by atoms with Gasteiger partial charge in [0.05, 0.1) is 23.0 Å². The van der Waals surface area contributed by atoms with Gasteiger partial charge in [0.15, 0.2) is 5.79 Å². The molecule has 0 saturated carbocycles. The fraction of sp³-hybridized carbons (Fsp3) is 0.556. The van der Waals surface area contributed by atoms with Crippen LogP contribution in [0.1, 0.15) is 45.1 Å². The number of piperidine rings is 2. The highest BCUT2D eigenvalue weighted by Gasteiger charge is 2.47. The van der Waals surface area contributed by atoms with E-state index in [1.807, 2.05) is 32.0 Å². The van der Waals surface area contributed by atoms with Gasteiger partial charge < -0.3 is 19.7 Å². The van der Waals surface area contributed by atoms with Gasteiger partial charge in [0.1, 0.15) is 0 Å². The Hall–Kier alpha value is -1.77. The number of hydrogen-bond donors (Lipinski definition) is 1. The number of rotatable bonds is 5. The third kappa shape index (κ3) is 5.09. The second kappa shape index (κ2) is 11.3. The van der Waals surface area contributed by atoms with Crippen molar-refractivity contribution in [3.8, 4) is 0 Å². The van der Waals surface area contributed by atoms with Gasteiger partial charge in [0.25, 0.3) is 0 Å². The first-order valence-corrected chi connectivity index (χ1v) is 14.2. The van der Waals surface area contributed by atoms with E-state index in [2.05, 4.69) is 10.2 Å². The predicted molar refractivity (Wildman–Crippen MR) is 133 cm³/mol. The summed E-state index contributed by atoms with van der Waals surface area (Å²) in [4.78, 5) is 3.23. The molecule has 0 aromatic heterocycles. The molecule has 0 bridgehead atoms. The molecule has 3 heterocycles. The fourth-order valence-electron chi connectivity index (χ4n) is 5.48. The number of hydrogen-bond acceptors (Lipinski definition) is 6. The molecule has 3 saturated heterocycles. The van der Waals surface area contributed by atoms with Crippen LogP contribution in [0.15, 0.2) is 64.4 Å². The van der Waals surface area contributed by atoms with E-state index in [9.17, 15) is 8.42 Å². The van der Waals surface area contributed by atoms with E-state index in [1.165, 1.54) is 12.8 Å². The second-order valence-electron chi connectivity index (χ2n) is 9.00. The Bertz CT molecular complexity index is 991. The van der Waals surface area contributed by atoms with Crippen molar-refractivity contribution in [1.82, 2.24) is 10.2 Å². The van der Waals surface area contributed by atoms with Crippen molar-refractivity contribution in [2.45, 2.75) is 61.2 Å². The van der Waals surface area contributed by atoms with Crippen LogP contribution < -0.4 is 5.32 Å². The zero-order chi connectivity index (χ0) is 24.0. The lowest BCUT2D eigenvalue weighted by Crippen LogP contribution is -2.49. The van der Waals surface area contributed by atoms with E-state index in [4.69, 9.17) is 9.47 Å². The first kappa shape index (κ1) is 25.3. The largest absolute Gasteiger partial charge is 0.343 e. The van der Waals surface area contributed by atoms with Crippen molar-refractivity contribution in [3.05, 3.63) is 60.2 Å². The number of sulfone groups is 1. The summed E-state index contributed by atoms with van der Waals surface area (Å²) >= 11 is 0. The molecular formula is C27H38N2O4S. The number of benzene rings is 2. The molecule has 5 rings (SSSR count). The van der Waals surface area contributed by atoms with Gasteiger partial charge in [0.2, 0.25) is 9.84 Å². The van der Waals surface area contributed by atoms with E-state index in [-0.39, 0.29) is 5.92 Å². The Kier molecular flexibility index (Phi) is 8.43. The Morgan fingerprint density at radius 3 is 1.97 bits per heavy atom. The molecule has 0 atom stereocenters. The molecule has 3 aliphatic heterocycles. The molecule has 3 fully saturated rings. The minimum Gasteiger partial charge on any atom is -0.343 e. The SMILES string of the molecule is CC.O=S(=O)(c1ccccc1)c1ccc(C2(C3CCN(C4CCNCC4)CC3)OCCO2)cc1. The van der Waals surface area contributed by atoms with Gasteiger partial charge in [-0.15, -0.1) is 0 Å². The molecule has 3 aliphatic rings. The highest BCUT2D eigenvalue weighted by molar-refractivity contribution is 7.91. The van der Waals surface area contributed by atoms with E-state index in [1.54, 1.807) is 36.4 Å². The average Bonchev–Trinajstić information content (AvgIpc) is 3.42. The topological polar surface area (TPSA) is 67.9 Å². The van der Waals surface area contributed by atoms with Crippen molar-refractivity contribution in [3.63, 3.8) is 0 Å². The molecular weight excluding hydrogens is 448 g/mol. The van der Waals surface area contributed by atoms with Gasteiger partial charge in [-0.05, 0) is 76.1 Å². The molecule has 0 aliphatic carbocycles. The minimum atomic E-state index is -3.54. The minimum absolute atomic E-state index is 0.263. The standard InChI is InChI=1S/C25H32N2O4S.C2H6/c28-32(29,23-4-2-1-3-5-23)24-8-6-20(7-9-24)25(30-18-19-31-25)21-12-16-27(17-13-21)22-10-14-26-15-11-22;1-2/h1-9,21-22,26H,10-19H2;1-2H3.